The maximum absolute atomic E-state index is 5.58. The van der Waals surface area contributed by atoms with Crippen LogP contribution in [0.15, 0.2) is 24.3 Å². The van der Waals surface area contributed by atoms with Gasteiger partial charge in [-0.15, -0.1) is 0 Å². The largest absolute Gasteiger partial charge is 0.494 e. The molecule has 0 aliphatic heterocycles. The number of hydrogen-bond donors (Lipinski definition) is 0. The van der Waals surface area contributed by atoms with Gasteiger partial charge in [0.15, 0.2) is 0 Å². The third-order valence-electron chi connectivity index (χ3n) is 2.03. The third kappa shape index (κ3) is 5.19. The zero-order valence-corrected chi connectivity index (χ0v) is 10.6. The maximum atomic E-state index is 5.58. The van der Waals surface area contributed by atoms with Gasteiger partial charge in [0.25, 0.3) is 0 Å². The predicted octanol–water partition coefficient (Wildman–Crippen LogP) is 3.39. The van der Waals surface area contributed by atoms with Crippen LogP contribution in [0.4, 0.5) is 0 Å². The minimum atomic E-state index is 0.657. The van der Waals surface area contributed by atoms with Crippen molar-refractivity contribution in [2.45, 2.75) is 19.4 Å². The molecule has 0 aromatic heterocycles. The Morgan fingerprint density at radius 1 is 1.13 bits per heavy atom. The van der Waals surface area contributed by atoms with Crippen LogP contribution < -0.4 is 4.74 Å². The van der Waals surface area contributed by atoms with Gasteiger partial charge in [-0.3, -0.25) is 0 Å². The van der Waals surface area contributed by atoms with Gasteiger partial charge in [0.1, 0.15) is 5.75 Å². The summed E-state index contributed by atoms with van der Waals surface area (Å²) in [7, 11) is 1.70. The highest BCUT2D eigenvalue weighted by Crippen LogP contribution is 2.13. The minimum Gasteiger partial charge on any atom is -0.494 e. The average molecular weight is 273 g/mol. The summed E-state index contributed by atoms with van der Waals surface area (Å²) in [5.74, 6) is 0.935. The van der Waals surface area contributed by atoms with Crippen LogP contribution in [-0.4, -0.2) is 19.0 Å². The second-order valence-electron chi connectivity index (χ2n) is 3.32. The van der Waals surface area contributed by atoms with Gasteiger partial charge in [-0.05, 0) is 30.5 Å². The van der Waals surface area contributed by atoms with Gasteiger partial charge in [0.05, 0.1) is 13.2 Å². The van der Waals surface area contributed by atoms with E-state index in [0.717, 1.165) is 30.5 Å². The van der Waals surface area contributed by atoms with Crippen LogP contribution >= 0.6 is 15.9 Å². The SMILES string of the molecule is COCc1ccc(OCCCCBr)cc1. The van der Waals surface area contributed by atoms with E-state index in [1.165, 1.54) is 5.56 Å². The summed E-state index contributed by atoms with van der Waals surface area (Å²) in [5, 5.41) is 1.04. The van der Waals surface area contributed by atoms with E-state index >= 15 is 0 Å². The van der Waals surface area contributed by atoms with Crippen molar-refractivity contribution in [1.82, 2.24) is 0 Å². The summed E-state index contributed by atoms with van der Waals surface area (Å²) < 4.78 is 10.6. The number of alkyl halides is 1. The molecular formula is C12H17BrO2. The summed E-state index contributed by atoms with van der Waals surface area (Å²) in [5.41, 5.74) is 1.17. The Hall–Kier alpha value is -0.540. The summed E-state index contributed by atoms with van der Waals surface area (Å²) in [6.07, 6.45) is 2.24. The van der Waals surface area contributed by atoms with Crippen LogP contribution in [-0.2, 0) is 11.3 Å². The fraction of sp³-hybridized carbons (Fsp3) is 0.500. The number of benzene rings is 1. The predicted molar refractivity (Wildman–Crippen MR) is 65.7 cm³/mol. The van der Waals surface area contributed by atoms with Crippen LogP contribution in [0.2, 0.25) is 0 Å². The average Bonchev–Trinajstić information content (AvgIpc) is 2.27. The molecule has 1 aromatic carbocycles. The third-order valence-corrected chi connectivity index (χ3v) is 2.59. The van der Waals surface area contributed by atoms with Crippen LogP contribution in [0.1, 0.15) is 18.4 Å². The summed E-state index contributed by atoms with van der Waals surface area (Å²) >= 11 is 3.39. The number of unbranched alkanes of at least 4 members (excludes halogenated alkanes) is 1. The Bertz CT molecular complexity index is 259. The van der Waals surface area contributed by atoms with Crippen LogP contribution in [0.3, 0.4) is 0 Å². The lowest BCUT2D eigenvalue weighted by atomic mass is 10.2. The molecule has 0 heterocycles. The maximum Gasteiger partial charge on any atom is 0.119 e. The molecule has 3 heteroatoms. The topological polar surface area (TPSA) is 18.5 Å². The van der Waals surface area contributed by atoms with Crippen molar-refractivity contribution in [3.05, 3.63) is 29.8 Å². The van der Waals surface area contributed by atoms with E-state index in [-0.39, 0.29) is 0 Å². The summed E-state index contributed by atoms with van der Waals surface area (Å²) in [6.45, 7) is 1.44. The van der Waals surface area contributed by atoms with Gasteiger partial charge in [0.2, 0.25) is 0 Å². The fourth-order valence-corrected chi connectivity index (χ4v) is 1.63. The second kappa shape index (κ2) is 7.71. The molecule has 0 aliphatic rings. The number of ether oxygens (including phenoxy) is 2. The van der Waals surface area contributed by atoms with E-state index in [0.29, 0.717) is 6.61 Å². The van der Waals surface area contributed by atoms with Crippen molar-refractivity contribution in [2.24, 2.45) is 0 Å². The van der Waals surface area contributed by atoms with Crippen molar-refractivity contribution in [1.29, 1.82) is 0 Å². The molecule has 1 aromatic rings. The first kappa shape index (κ1) is 12.5. The first-order valence-corrected chi connectivity index (χ1v) is 6.25. The molecule has 0 atom stereocenters. The normalized spacial score (nSPS) is 10.3. The van der Waals surface area contributed by atoms with Crippen LogP contribution in [0.25, 0.3) is 0 Å². The van der Waals surface area contributed by atoms with Crippen molar-refractivity contribution in [3.63, 3.8) is 0 Å². The molecule has 0 saturated carbocycles. The first-order valence-electron chi connectivity index (χ1n) is 5.13. The van der Waals surface area contributed by atoms with Crippen LogP contribution in [0, 0.1) is 0 Å². The Morgan fingerprint density at radius 2 is 1.87 bits per heavy atom. The monoisotopic (exact) mass is 272 g/mol. The quantitative estimate of drug-likeness (QED) is 0.560. The molecule has 0 spiro atoms. The van der Waals surface area contributed by atoms with Gasteiger partial charge in [-0.2, -0.15) is 0 Å². The van der Waals surface area contributed by atoms with E-state index in [4.69, 9.17) is 9.47 Å². The fourth-order valence-electron chi connectivity index (χ4n) is 1.24. The minimum absolute atomic E-state index is 0.657. The second-order valence-corrected chi connectivity index (χ2v) is 4.11. The smallest absolute Gasteiger partial charge is 0.119 e. The molecule has 0 bridgehead atoms. The lowest BCUT2D eigenvalue weighted by Crippen LogP contribution is -1.97. The molecular weight excluding hydrogens is 256 g/mol. The summed E-state index contributed by atoms with van der Waals surface area (Å²) in [6, 6.07) is 8.04. The van der Waals surface area contributed by atoms with Crippen molar-refractivity contribution in [2.75, 3.05) is 19.0 Å². The molecule has 84 valence electrons. The highest BCUT2D eigenvalue weighted by atomic mass is 79.9. The Morgan fingerprint density at radius 3 is 2.47 bits per heavy atom. The van der Waals surface area contributed by atoms with E-state index < -0.39 is 0 Å². The van der Waals surface area contributed by atoms with E-state index in [9.17, 15) is 0 Å². The van der Waals surface area contributed by atoms with Gasteiger partial charge < -0.3 is 9.47 Å². The van der Waals surface area contributed by atoms with Gasteiger partial charge >= 0.3 is 0 Å². The molecule has 0 radical (unpaired) electrons. The Labute approximate surface area is 99.7 Å². The number of hydrogen-bond acceptors (Lipinski definition) is 2. The molecule has 1 rings (SSSR count). The van der Waals surface area contributed by atoms with E-state index in [2.05, 4.69) is 15.9 Å². The van der Waals surface area contributed by atoms with Crippen molar-refractivity contribution >= 4 is 15.9 Å². The van der Waals surface area contributed by atoms with Gasteiger partial charge in [0, 0.05) is 12.4 Å². The number of rotatable bonds is 7. The van der Waals surface area contributed by atoms with E-state index in [1.807, 2.05) is 24.3 Å². The first-order chi connectivity index (χ1) is 7.36. The Kier molecular flexibility index (Phi) is 6.44. The number of methoxy groups -OCH3 is 1. The van der Waals surface area contributed by atoms with Crippen molar-refractivity contribution < 1.29 is 9.47 Å². The van der Waals surface area contributed by atoms with Gasteiger partial charge in [-0.1, -0.05) is 28.1 Å². The zero-order valence-electron chi connectivity index (χ0n) is 9.04. The lowest BCUT2D eigenvalue weighted by Gasteiger charge is -2.06. The molecule has 0 N–H and O–H groups in total. The highest BCUT2D eigenvalue weighted by Gasteiger charge is 1.95. The number of halogens is 1. The van der Waals surface area contributed by atoms with Crippen LogP contribution in [0.5, 0.6) is 5.75 Å². The molecule has 15 heavy (non-hydrogen) atoms. The molecule has 0 aliphatic carbocycles. The molecule has 0 amide bonds. The zero-order chi connectivity index (χ0) is 10.9. The lowest BCUT2D eigenvalue weighted by molar-refractivity contribution is 0.185. The molecule has 0 unspecified atom stereocenters. The molecule has 0 saturated heterocycles. The van der Waals surface area contributed by atoms with E-state index in [1.54, 1.807) is 7.11 Å². The Balaban J connectivity index is 2.29. The van der Waals surface area contributed by atoms with Gasteiger partial charge in [-0.25, -0.2) is 0 Å². The highest BCUT2D eigenvalue weighted by molar-refractivity contribution is 9.09. The van der Waals surface area contributed by atoms with Crippen molar-refractivity contribution in [3.8, 4) is 5.75 Å². The molecule has 0 fully saturated rings. The summed E-state index contributed by atoms with van der Waals surface area (Å²) in [4.78, 5) is 0. The molecule has 2 nitrogen and oxygen atoms in total. The standard InChI is InChI=1S/C12H17BrO2/c1-14-10-11-4-6-12(7-5-11)15-9-3-2-8-13/h4-7H,2-3,8-10H2,1H3.